The number of nitrogens with zero attached hydrogens (tertiary/aromatic N) is 2. The molecule has 1 aromatic carbocycles. The summed E-state index contributed by atoms with van der Waals surface area (Å²) in [5.74, 6) is -0.599. The molecule has 1 fully saturated rings. The molecular formula is C16H20ClN3O4. The first-order chi connectivity index (χ1) is 11.3. The average molecular weight is 354 g/mol. The quantitative estimate of drug-likeness (QED) is 0.798. The summed E-state index contributed by atoms with van der Waals surface area (Å²) in [6, 6.07) is 2.54. The third kappa shape index (κ3) is 3.37. The molecule has 0 saturated carbocycles. The van der Waals surface area contributed by atoms with Crippen molar-refractivity contribution in [3.8, 4) is 5.75 Å². The normalized spacial score (nSPS) is 17.6. The predicted molar refractivity (Wildman–Crippen MR) is 90.3 cm³/mol. The number of benzene rings is 1. The maximum Gasteiger partial charge on any atom is 0.251 e. The van der Waals surface area contributed by atoms with Crippen molar-refractivity contribution in [1.82, 2.24) is 10.2 Å². The van der Waals surface area contributed by atoms with Crippen molar-refractivity contribution >= 4 is 35.0 Å². The van der Waals surface area contributed by atoms with E-state index in [1.54, 1.807) is 31.0 Å². The fourth-order valence-electron chi connectivity index (χ4n) is 2.62. The van der Waals surface area contributed by atoms with Crippen molar-refractivity contribution in [3.63, 3.8) is 0 Å². The number of rotatable bonds is 5. The van der Waals surface area contributed by atoms with Gasteiger partial charge in [0.25, 0.3) is 5.91 Å². The van der Waals surface area contributed by atoms with Crippen LogP contribution in [0.15, 0.2) is 12.1 Å². The number of nitrogens with one attached hydrogen (secondary N) is 1. The van der Waals surface area contributed by atoms with E-state index in [0.29, 0.717) is 16.5 Å². The average Bonchev–Trinajstić information content (AvgIpc) is 2.84. The van der Waals surface area contributed by atoms with E-state index in [9.17, 15) is 14.4 Å². The molecule has 7 nitrogen and oxygen atoms in total. The van der Waals surface area contributed by atoms with Crippen LogP contribution in [-0.4, -0.2) is 56.4 Å². The summed E-state index contributed by atoms with van der Waals surface area (Å²) in [4.78, 5) is 39.3. The molecule has 1 N–H and O–H groups in total. The molecule has 0 bridgehead atoms. The van der Waals surface area contributed by atoms with E-state index < -0.39 is 6.04 Å². The van der Waals surface area contributed by atoms with E-state index in [2.05, 4.69) is 5.32 Å². The number of aryl methyl sites for hydroxylation is 1. The lowest BCUT2D eigenvalue weighted by Crippen LogP contribution is -2.44. The molecule has 130 valence electrons. The van der Waals surface area contributed by atoms with Crippen LogP contribution in [-0.2, 0) is 14.4 Å². The molecule has 1 heterocycles. The van der Waals surface area contributed by atoms with Crippen LogP contribution in [0.5, 0.6) is 5.75 Å². The van der Waals surface area contributed by atoms with Gasteiger partial charge in [-0.3, -0.25) is 19.3 Å². The van der Waals surface area contributed by atoms with Gasteiger partial charge in [0.2, 0.25) is 11.8 Å². The molecule has 1 aliphatic heterocycles. The standard InChI is InChI=1S/C16H20ClN3O4/c1-9-5-11(13(24-4)6-10(9)17)20-15(22)7-12(16(20)23)19(3)8-14(21)18-2/h5-6,12H,7-8H2,1-4H3,(H,18,21)/t12-/m1/s1. The van der Waals surface area contributed by atoms with E-state index in [1.807, 2.05) is 0 Å². The van der Waals surface area contributed by atoms with Gasteiger partial charge in [-0.05, 0) is 25.6 Å². The minimum atomic E-state index is -0.685. The third-order valence-electron chi connectivity index (χ3n) is 4.03. The van der Waals surface area contributed by atoms with Crippen LogP contribution < -0.4 is 15.0 Å². The van der Waals surface area contributed by atoms with Crippen LogP contribution in [0.25, 0.3) is 0 Å². The molecule has 0 radical (unpaired) electrons. The summed E-state index contributed by atoms with van der Waals surface area (Å²) in [5.41, 5.74) is 1.10. The largest absolute Gasteiger partial charge is 0.495 e. The van der Waals surface area contributed by atoms with Crippen molar-refractivity contribution in [3.05, 3.63) is 22.7 Å². The van der Waals surface area contributed by atoms with Gasteiger partial charge in [-0.25, -0.2) is 4.90 Å². The Morgan fingerprint density at radius 2 is 2.12 bits per heavy atom. The molecule has 24 heavy (non-hydrogen) atoms. The number of ether oxygens (including phenoxy) is 1. The minimum Gasteiger partial charge on any atom is -0.495 e. The van der Waals surface area contributed by atoms with Gasteiger partial charge in [0.05, 0.1) is 31.8 Å². The Labute approximate surface area is 145 Å². The van der Waals surface area contributed by atoms with Crippen LogP contribution in [0.1, 0.15) is 12.0 Å². The van der Waals surface area contributed by atoms with Crippen LogP contribution in [0, 0.1) is 6.92 Å². The molecule has 1 aromatic rings. The van der Waals surface area contributed by atoms with Crippen molar-refractivity contribution in [2.45, 2.75) is 19.4 Å². The first-order valence-electron chi connectivity index (χ1n) is 7.41. The zero-order valence-electron chi connectivity index (χ0n) is 14.1. The molecule has 3 amide bonds. The lowest BCUT2D eigenvalue weighted by molar-refractivity contribution is -0.124. The van der Waals surface area contributed by atoms with Gasteiger partial charge in [-0.1, -0.05) is 11.6 Å². The number of methoxy groups -OCH3 is 1. The topological polar surface area (TPSA) is 79.0 Å². The summed E-state index contributed by atoms with van der Waals surface area (Å²) in [6.07, 6.45) is 0.0111. The smallest absolute Gasteiger partial charge is 0.251 e. The molecule has 8 heteroatoms. The predicted octanol–water partition coefficient (Wildman–Crippen LogP) is 0.967. The monoisotopic (exact) mass is 353 g/mol. The van der Waals surface area contributed by atoms with Gasteiger partial charge in [0.1, 0.15) is 5.75 Å². The summed E-state index contributed by atoms with van der Waals surface area (Å²) >= 11 is 6.08. The van der Waals surface area contributed by atoms with Crippen molar-refractivity contribution < 1.29 is 19.1 Å². The van der Waals surface area contributed by atoms with Gasteiger partial charge >= 0.3 is 0 Å². The second-order valence-corrected chi connectivity index (χ2v) is 6.06. The number of halogens is 1. The van der Waals surface area contributed by atoms with E-state index in [-0.39, 0.29) is 30.7 Å². The van der Waals surface area contributed by atoms with Crippen molar-refractivity contribution in [2.75, 3.05) is 32.6 Å². The summed E-state index contributed by atoms with van der Waals surface area (Å²) in [7, 11) is 4.61. The fourth-order valence-corrected chi connectivity index (χ4v) is 2.77. The Hall–Kier alpha value is -2.12. The Morgan fingerprint density at radius 1 is 1.46 bits per heavy atom. The molecule has 1 aliphatic rings. The molecule has 0 unspecified atom stereocenters. The van der Waals surface area contributed by atoms with Crippen LogP contribution >= 0.6 is 11.6 Å². The van der Waals surface area contributed by atoms with Crippen molar-refractivity contribution in [1.29, 1.82) is 0 Å². The minimum absolute atomic E-state index is 0.0111. The molecule has 1 saturated heterocycles. The zero-order chi connectivity index (χ0) is 18.0. The van der Waals surface area contributed by atoms with E-state index in [4.69, 9.17) is 16.3 Å². The lowest BCUT2D eigenvalue weighted by atomic mass is 10.2. The summed E-state index contributed by atoms with van der Waals surface area (Å²) in [6.45, 7) is 1.82. The molecule has 0 aliphatic carbocycles. The van der Waals surface area contributed by atoms with Crippen LogP contribution in [0.4, 0.5) is 5.69 Å². The Kier molecular flexibility index (Phi) is 5.46. The second kappa shape index (κ2) is 7.19. The maximum atomic E-state index is 12.7. The van der Waals surface area contributed by atoms with E-state index >= 15 is 0 Å². The highest BCUT2D eigenvalue weighted by Crippen LogP contribution is 2.36. The van der Waals surface area contributed by atoms with Gasteiger partial charge in [-0.15, -0.1) is 0 Å². The van der Waals surface area contributed by atoms with Crippen molar-refractivity contribution in [2.24, 2.45) is 0 Å². The number of hydrogen-bond donors (Lipinski definition) is 1. The number of carbonyl (C=O) groups excluding carboxylic acids is 3. The number of amides is 3. The van der Waals surface area contributed by atoms with Gasteiger partial charge < -0.3 is 10.1 Å². The van der Waals surface area contributed by atoms with Crippen LogP contribution in [0.2, 0.25) is 5.02 Å². The van der Waals surface area contributed by atoms with Crippen LogP contribution in [0.3, 0.4) is 0 Å². The second-order valence-electron chi connectivity index (χ2n) is 5.65. The first kappa shape index (κ1) is 18.2. The Bertz CT molecular complexity index is 692. The maximum absolute atomic E-state index is 12.7. The van der Waals surface area contributed by atoms with Gasteiger partial charge in [0, 0.05) is 18.1 Å². The molecule has 1 atom stereocenters. The molecular weight excluding hydrogens is 334 g/mol. The first-order valence-corrected chi connectivity index (χ1v) is 7.79. The number of imide groups is 1. The highest BCUT2D eigenvalue weighted by atomic mass is 35.5. The fraction of sp³-hybridized carbons (Fsp3) is 0.438. The number of anilines is 1. The number of hydrogen-bond acceptors (Lipinski definition) is 5. The highest BCUT2D eigenvalue weighted by Gasteiger charge is 2.43. The lowest BCUT2D eigenvalue weighted by Gasteiger charge is -2.23. The van der Waals surface area contributed by atoms with E-state index in [0.717, 1.165) is 10.5 Å². The summed E-state index contributed by atoms with van der Waals surface area (Å²) in [5, 5.41) is 2.98. The number of carbonyl (C=O) groups is 3. The zero-order valence-corrected chi connectivity index (χ0v) is 14.8. The number of likely N-dealkylation sites (N-methyl/N-ethyl adjacent to an activating group) is 2. The highest BCUT2D eigenvalue weighted by molar-refractivity contribution is 6.32. The third-order valence-corrected chi connectivity index (χ3v) is 4.43. The molecule has 2 rings (SSSR count). The molecule has 0 spiro atoms. The Morgan fingerprint density at radius 3 is 2.71 bits per heavy atom. The SMILES string of the molecule is CNC(=O)CN(C)[C@@H]1CC(=O)N(c2cc(C)c(Cl)cc2OC)C1=O. The van der Waals surface area contributed by atoms with E-state index in [1.165, 1.54) is 14.2 Å². The molecule has 0 aromatic heterocycles. The summed E-state index contributed by atoms with van der Waals surface area (Å²) < 4.78 is 5.26. The Balaban J connectivity index is 2.33. The van der Waals surface area contributed by atoms with Gasteiger partial charge in [-0.2, -0.15) is 0 Å². The van der Waals surface area contributed by atoms with Gasteiger partial charge in [0.15, 0.2) is 0 Å².